The fourth-order valence-electron chi connectivity index (χ4n) is 3.78. The largest absolute Gasteiger partial charge is 0.493 e. The summed E-state index contributed by atoms with van der Waals surface area (Å²) < 4.78 is 43.8. The van der Waals surface area contributed by atoms with Gasteiger partial charge in [-0.2, -0.15) is 4.31 Å². The lowest BCUT2D eigenvalue weighted by Crippen LogP contribution is -2.50. The van der Waals surface area contributed by atoms with Gasteiger partial charge in [-0.1, -0.05) is 6.07 Å². The Morgan fingerprint density at radius 2 is 1.66 bits per heavy atom. The van der Waals surface area contributed by atoms with Crippen LogP contribution in [0, 0.1) is 0 Å². The highest BCUT2D eigenvalue weighted by atomic mass is 32.2. The van der Waals surface area contributed by atoms with Gasteiger partial charge in [-0.25, -0.2) is 8.42 Å². The molecule has 1 amide bonds. The maximum absolute atomic E-state index is 13.1. The molecule has 1 aromatic heterocycles. The molecule has 184 valence electrons. The van der Waals surface area contributed by atoms with Crippen LogP contribution in [0.3, 0.4) is 0 Å². The Morgan fingerprint density at radius 1 is 0.943 bits per heavy atom. The molecule has 0 atom stereocenters. The summed E-state index contributed by atoms with van der Waals surface area (Å²) in [5, 5.41) is 0. The summed E-state index contributed by atoms with van der Waals surface area (Å²) in [4.78, 5) is 18.8. The van der Waals surface area contributed by atoms with Crippen molar-refractivity contribution in [2.45, 2.75) is 11.5 Å². The van der Waals surface area contributed by atoms with Gasteiger partial charge in [-0.15, -0.1) is 0 Å². The van der Waals surface area contributed by atoms with Crippen molar-refractivity contribution in [1.29, 1.82) is 0 Å². The third kappa shape index (κ3) is 5.55. The Bertz CT molecular complexity index is 1260. The number of hydrogen-bond acceptors (Lipinski definition) is 7. The van der Waals surface area contributed by atoms with E-state index in [-0.39, 0.29) is 23.9 Å². The van der Waals surface area contributed by atoms with Crippen LogP contribution >= 0.6 is 0 Å². The molecule has 1 saturated heterocycles. The van der Waals surface area contributed by atoms with Gasteiger partial charge in [-0.3, -0.25) is 9.78 Å². The maximum Gasteiger partial charge on any atom is 0.253 e. The first-order valence-corrected chi connectivity index (χ1v) is 12.5. The number of piperazine rings is 1. The van der Waals surface area contributed by atoms with Crippen molar-refractivity contribution in [3.8, 4) is 17.2 Å². The Morgan fingerprint density at radius 3 is 2.29 bits per heavy atom. The van der Waals surface area contributed by atoms with E-state index in [9.17, 15) is 13.2 Å². The highest BCUT2D eigenvalue weighted by molar-refractivity contribution is 7.89. The number of ether oxygens (including phenoxy) is 3. The van der Waals surface area contributed by atoms with Crippen LogP contribution in [0.4, 0.5) is 0 Å². The van der Waals surface area contributed by atoms with E-state index in [4.69, 9.17) is 14.2 Å². The first-order chi connectivity index (χ1) is 16.9. The lowest BCUT2D eigenvalue weighted by Gasteiger charge is -2.34. The van der Waals surface area contributed by atoms with E-state index in [0.29, 0.717) is 42.5 Å². The van der Waals surface area contributed by atoms with Gasteiger partial charge < -0.3 is 19.1 Å². The second-order valence-corrected chi connectivity index (χ2v) is 9.83. The third-order valence-electron chi connectivity index (χ3n) is 5.75. The maximum atomic E-state index is 13.1. The van der Waals surface area contributed by atoms with Gasteiger partial charge >= 0.3 is 0 Å². The monoisotopic (exact) mass is 497 g/mol. The molecule has 3 aromatic rings. The number of carbonyl (C=O) groups is 1. The molecular weight excluding hydrogens is 470 g/mol. The molecule has 1 aliphatic heterocycles. The zero-order valence-electron chi connectivity index (χ0n) is 19.6. The molecule has 0 spiro atoms. The SMILES string of the molecule is COc1ccc(S(=O)(=O)N2CCN(C(=O)c3ccc(OCc4cccnc4)cc3)CC2)cc1OC. The number of benzene rings is 2. The van der Waals surface area contributed by atoms with E-state index in [2.05, 4.69) is 4.98 Å². The van der Waals surface area contributed by atoms with Crippen LogP contribution in [-0.2, 0) is 16.6 Å². The van der Waals surface area contributed by atoms with E-state index in [1.54, 1.807) is 47.6 Å². The van der Waals surface area contributed by atoms with Gasteiger partial charge in [0.15, 0.2) is 11.5 Å². The Hall–Kier alpha value is -3.63. The van der Waals surface area contributed by atoms with Crippen LogP contribution in [0.2, 0.25) is 0 Å². The van der Waals surface area contributed by atoms with Crippen LogP contribution in [0.5, 0.6) is 17.2 Å². The summed E-state index contributed by atoms with van der Waals surface area (Å²) in [7, 11) is -0.782. The van der Waals surface area contributed by atoms with E-state index >= 15 is 0 Å². The first kappa shape index (κ1) is 24.5. The normalized spacial score (nSPS) is 14.4. The fourth-order valence-corrected chi connectivity index (χ4v) is 5.22. The van der Waals surface area contributed by atoms with Crippen molar-refractivity contribution in [2.24, 2.45) is 0 Å². The summed E-state index contributed by atoms with van der Waals surface area (Å²) in [6.07, 6.45) is 3.44. The number of amides is 1. The number of aromatic nitrogens is 1. The van der Waals surface area contributed by atoms with Gasteiger partial charge in [0.2, 0.25) is 10.0 Å². The molecule has 10 heteroatoms. The summed E-state index contributed by atoms with van der Waals surface area (Å²) in [5.41, 5.74) is 1.48. The molecule has 2 aromatic carbocycles. The molecule has 0 radical (unpaired) electrons. The number of rotatable bonds is 8. The minimum Gasteiger partial charge on any atom is -0.493 e. The zero-order chi connectivity index (χ0) is 24.8. The summed E-state index contributed by atoms with van der Waals surface area (Å²) in [6.45, 7) is 1.39. The smallest absolute Gasteiger partial charge is 0.253 e. The van der Waals surface area contributed by atoms with E-state index in [1.165, 1.54) is 30.7 Å². The van der Waals surface area contributed by atoms with Crippen LogP contribution < -0.4 is 14.2 Å². The molecule has 4 rings (SSSR count). The van der Waals surface area contributed by atoms with Crippen molar-refractivity contribution >= 4 is 15.9 Å². The molecule has 35 heavy (non-hydrogen) atoms. The van der Waals surface area contributed by atoms with Gasteiger partial charge in [0, 0.05) is 55.8 Å². The zero-order valence-corrected chi connectivity index (χ0v) is 20.4. The van der Waals surface area contributed by atoms with Crippen LogP contribution in [0.1, 0.15) is 15.9 Å². The molecule has 0 aliphatic carbocycles. The molecule has 0 N–H and O–H groups in total. The van der Waals surface area contributed by atoms with E-state index < -0.39 is 10.0 Å². The average molecular weight is 498 g/mol. The predicted octanol–water partition coefficient (Wildman–Crippen LogP) is 2.82. The Kier molecular flexibility index (Phi) is 7.52. The van der Waals surface area contributed by atoms with E-state index in [0.717, 1.165) is 5.56 Å². The average Bonchev–Trinajstić information content (AvgIpc) is 2.92. The first-order valence-electron chi connectivity index (χ1n) is 11.1. The minimum atomic E-state index is -3.73. The van der Waals surface area contributed by atoms with Crippen molar-refractivity contribution in [1.82, 2.24) is 14.2 Å². The summed E-state index contributed by atoms with van der Waals surface area (Å²) >= 11 is 0. The molecule has 2 heterocycles. The molecular formula is C25H27N3O6S. The number of pyridine rings is 1. The molecule has 1 fully saturated rings. The van der Waals surface area contributed by atoms with Crippen molar-refractivity contribution in [3.05, 3.63) is 78.1 Å². The molecule has 1 aliphatic rings. The lowest BCUT2D eigenvalue weighted by atomic mass is 10.2. The van der Waals surface area contributed by atoms with Crippen LogP contribution in [0.15, 0.2) is 71.9 Å². The number of nitrogens with zero attached hydrogens (tertiary/aromatic N) is 3. The van der Waals surface area contributed by atoms with Gasteiger partial charge in [0.1, 0.15) is 12.4 Å². The lowest BCUT2D eigenvalue weighted by molar-refractivity contribution is 0.0698. The number of methoxy groups -OCH3 is 2. The van der Waals surface area contributed by atoms with Crippen LogP contribution in [-0.4, -0.2) is 68.9 Å². The van der Waals surface area contributed by atoms with E-state index in [1.807, 2.05) is 12.1 Å². The Balaban J connectivity index is 1.35. The minimum absolute atomic E-state index is 0.122. The summed E-state index contributed by atoms with van der Waals surface area (Å²) in [5.74, 6) is 1.30. The topological polar surface area (TPSA) is 98.3 Å². The van der Waals surface area contributed by atoms with Gasteiger partial charge in [0.25, 0.3) is 5.91 Å². The highest BCUT2D eigenvalue weighted by Gasteiger charge is 2.31. The van der Waals surface area contributed by atoms with Crippen LogP contribution in [0.25, 0.3) is 0 Å². The highest BCUT2D eigenvalue weighted by Crippen LogP contribution is 2.31. The second-order valence-electron chi connectivity index (χ2n) is 7.89. The standard InChI is InChI=1S/C25H27N3O6S/c1-32-23-10-9-22(16-24(23)33-2)35(30,31)28-14-12-27(13-15-28)25(29)20-5-7-21(8-6-20)34-18-19-4-3-11-26-17-19/h3-11,16-17H,12-15,18H2,1-2H3. The molecule has 0 bridgehead atoms. The predicted molar refractivity (Wildman–Crippen MR) is 129 cm³/mol. The van der Waals surface area contributed by atoms with Gasteiger partial charge in [0.05, 0.1) is 19.1 Å². The fraction of sp³-hybridized carbons (Fsp3) is 0.280. The Labute approximate surface area is 204 Å². The number of hydrogen-bond donors (Lipinski definition) is 0. The quantitative estimate of drug-likeness (QED) is 0.472. The number of carbonyl (C=O) groups excluding carboxylic acids is 1. The third-order valence-corrected chi connectivity index (χ3v) is 7.64. The van der Waals surface area contributed by atoms with Gasteiger partial charge in [-0.05, 0) is 42.5 Å². The van der Waals surface area contributed by atoms with Crippen molar-refractivity contribution in [3.63, 3.8) is 0 Å². The molecule has 9 nitrogen and oxygen atoms in total. The second kappa shape index (κ2) is 10.7. The number of sulfonamides is 1. The van der Waals surface area contributed by atoms with Crippen molar-refractivity contribution in [2.75, 3.05) is 40.4 Å². The molecule has 0 saturated carbocycles. The molecule has 0 unspecified atom stereocenters. The summed E-state index contributed by atoms with van der Waals surface area (Å²) in [6, 6.07) is 15.2. The van der Waals surface area contributed by atoms with Crippen molar-refractivity contribution < 1.29 is 27.4 Å².